The second kappa shape index (κ2) is 6.27. The minimum absolute atomic E-state index is 0. The molecule has 1 rings (SSSR count). The zero-order valence-electron chi connectivity index (χ0n) is 8.74. The molecule has 6 heteroatoms. The van der Waals surface area contributed by atoms with Gasteiger partial charge in [-0.05, 0) is 19.3 Å². The van der Waals surface area contributed by atoms with Crippen molar-refractivity contribution in [2.75, 3.05) is 13.1 Å². The fourth-order valence-corrected chi connectivity index (χ4v) is 2.10. The topological polar surface area (TPSA) is 101 Å². The molecule has 2 unspecified atom stereocenters. The highest BCUT2D eigenvalue weighted by Crippen LogP contribution is 2.24. The van der Waals surface area contributed by atoms with Crippen LogP contribution in [0.3, 0.4) is 0 Å². The van der Waals surface area contributed by atoms with E-state index in [1.807, 2.05) is 0 Å². The quantitative estimate of drug-likeness (QED) is 0.537. The number of carboxylic acid groups (broad SMARTS) is 1. The highest BCUT2D eigenvalue weighted by molar-refractivity contribution is 5.85. The first-order chi connectivity index (χ1) is 6.62. The highest BCUT2D eigenvalue weighted by Gasteiger charge is 2.35. The van der Waals surface area contributed by atoms with Gasteiger partial charge in [0.2, 0.25) is 0 Å². The predicted molar refractivity (Wildman–Crippen MR) is 61.1 cm³/mol. The van der Waals surface area contributed by atoms with Crippen LogP contribution < -0.4 is 16.8 Å². The molecular formula is C9H20ClN3O2. The molecule has 90 valence electrons. The molecule has 1 saturated heterocycles. The van der Waals surface area contributed by atoms with Gasteiger partial charge < -0.3 is 21.9 Å². The molecule has 15 heavy (non-hydrogen) atoms. The number of carbonyl (C=O) groups is 1. The largest absolute Gasteiger partial charge is 0.481 e. The highest BCUT2D eigenvalue weighted by atomic mass is 35.5. The van der Waals surface area contributed by atoms with Crippen molar-refractivity contribution in [3.05, 3.63) is 0 Å². The summed E-state index contributed by atoms with van der Waals surface area (Å²) in [4.78, 5) is 10.7. The molecule has 0 spiro atoms. The van der Waals surface area contributed by atoms with Crippen LogP contribution in [0.1, 0.15) is 25.7 Å². The number of nitrogens with one attached hydrogen (secondary N) is 1. The van der Waals surface area contributed by atoms with Crippen LogP contribution in [-0.2, 0) is 4.79 Å². The summed E-state index contributed by atoms with van der Waals surface area (Å²) in [6.07, 6.45) is 2.92. The summed E-state index contributed by atoms with van der Waals surface area (Å²) < 4.78 is 0. The second-order valence-corrected chi connectivity index (χ2v) is 4.02. The molecule has 1 aliphatic rings. The lowest BCUT2D eigenvalue weighted by molar-refractivity contribution is -0.139. The van der Waals surface area contributed by atoms with Crippen LogP contribution in [0, 0.1) is 0 Å². The minimum Gasteiger partial charge on any atom is -0.481 e. The SMILES string of the molecule is Cl.NCC1CCCC(CN)(CC(=O)O)N1. The zero-order chi connectivity index (χ0) is 10.6. The summed E-state index contributed by atoms with van der Waals surface area (Å²) >= 11 is 0. The molecule has 0 amide bonds. The lowest BCUT2D eigenvalue weighted by Crippen LogP contribution is -2.60. The number of carboxylic acids is 1. The van der Waals surface area contributed by atoms with Gasteiger partial charge in [0.05, 0.1) is 6.42 Å². The summed E-state index contributed by atoms with van der Waals surface area (Å²) in [6.45, 7) is 0.900. The molecule has 5 nitrogen and oxygen atoms in total. The molecule has 0 aliphatic carbocycles. The van der Waals surface area contributed by atoms with E-state index in [-0.39, 0.29) is 24.9 Å². The summed E-state index contributed by atoms with van der Waals surface area (Å²) in [6, 6.07) is 0.214. The molecule has 1 fully saturated rings. The van der Waals surface area contributed by atoms with Gasteiger partial charge in [0.15, 0.2) is 0 Å². The molecule has 0 aromatic rings. The van der Waals surface area contributed by atoms with Crippen LogP contribution >= 0.6 is 12.4 Å². The number of hydrogen-bond donors (Lipinski definition) is 4. The predicted octanol–water partition coefficient (Wildman–Crippen LogP) is -0.319. The fraction of sp³-hybridized carbons (Fsp3) is 0.889. The molecule has 2 atom stereocenters. The van der Waals surface area contributed by atoms with Gasteiger partial charge in [0.25, 0.3) is 0 Å². The first-order valence-electron chi connectivity index (χ1n) is 5.01. The molecule has 1 heterocycles. The van der Waals surface area contributed by atoms with E-state index in [1.165, 1.54) is 0 Å². The van der Waals surface area contributed by atoms with Gasteiger partial charge in [-0.2, -0.15) is 0 Å². The normalized spacial score (nSPS) is 30.7. The van der Waals surface area contributed by atoms with Crippen molar-refractivity contribution < 1.29 is 9.90 Å². The van der Waals surface area contributed by atoms with Crippen LogP contribution in [0.5, 0.6) is 0 Å². The molecule has 0 aromatic heterocycles. The van der Waals surface area contributed by atoms with Crippen molar-refractivity contribution in [3.8, 4) is 0 Å². The van der Waals surface area contributed by atoms with Gasteiger partial charge in [-0.25, -0.2) is 0 Å². The molecule has 0 saturated carbocycles. The maximum absolute atomic E-state index is 10.7. The standard InChI is InChI=1S/C9H19N3O2.ClH/c10-5-7-2-1-3-9(6-11,12-7)4-8(13)14;/h7,12H,1-6,10-11H2,(H,13,14);1H. The van der Waals surface area contributed by atoms with E-state index >= 15 is 0 Å². The summed E-state index contributed by atoms with van der Waals surface area (Å²) in [7, 11) is 0. The lowest BCUT2D eigenvalue weighted by atomic mass is 9.83. The van der Waals surface area contributed by atoms with Crippen molar-refractivity contribution in [3.63, 3.8) is 0 Å². The van der Waals surface area contributed by atoms with E-state index in [0.717, 1.165) is 19.3 Å². The molecule has 0 radical (unpaired) electrons. The number of halogens is 1. The zero-order valence-corrected chi connectivity index (χ0v) is 9.55. The Morgan fingerprint density at radius 1 is 1.53 bits per heavy atom. The second-order valence-electron chi connectivity index (χ2n) is 4.02. The number of aliphatic carboxylic acids is 1. The Labute approximate surface area is 96.0 Å². The van der Waals surface area contributed by atoms with E-state index in [4.69, 9.17) is 16.6 Å². The van der Waals surface area contributed by atoms with Crippen LogP contribution in [0.25, 0.3) is 0 Å². The number of piperidine rings is 1. The van der Waals surface area contributed by atoms with Crippen molar-refractivity contribution >= 4 is 18.4 Å². The molecule has 0 bridgehead atoms. The maximum Gasteiger partial charge on any atom is 0.305 e. The van der Waals surface area contributed by atoms with E-state index in [0.29, 0.717) is 13.1 Å². The fourth-order valence-electron chi connectivity index (χ4n) is 2.10. The average Bonchev–Trinajstić information content (AvgIpc) is 2.17. The monoisotopic (exact) mass is 237 g/mol. The van der Waals surface area contributed by atoms with Gasteiger partial charge in [-0.3, -0.25) is 4.79 Å². The molecule has 6 N–H and O–H groups in total. The number of hydrogen-bond acceptors (Lipinski definition) is 4. The Bertz CT molecular complexity index is 216. The van der Waals surface area contributed by atoms with E-state index in [2.05, 4.69) is 5.32 Å². The van der Waals surface area contributed by atoms with Gasteiger partial charge in [0.1, 0.15) is 0 Å². The van der Waals surface area contributed by atoms with Crippen LogP contribution in [0.4, 0.5) is 0 Å². The van der Waals surface area contributed by atoms with Gasteiger partial charge >= 0.3 is 5.97 Å². The van der Waals surface area contributed by atoms with Gasteiger partial charge in [-0.15, -0.1) is 12.4 Å². The third kappa shape index (κ3) is 3.95. The summed E-state index contributed by atoms with van der Waals surface area (Å²) in [5.74, 6) is -0.805. The van der Waals surface area contributed by atoms with Crippen LogP contribution in [-0.4, -0.2) is 35.7 Å². The van der Waals surface area contributed by atoms with Gasteiger partial charge in [-0.1, -0.05) is 0 Å². The smallest absolute Gasteiger partial charge is 0.305 e. The Morgan fingerprint density at radius 2 is 2.20 bits per heavy atom. The van der Waals surface area contributed by atoms with E-state index < -0.39 is 11.5 Å². The van der Waals surface area contributed by atoms with E-state index in [9.17, 15) is 4.79 Å². The summed E-state index contributed by atoms with van der Waals surface area (Å²) in [5.41, 5.74) is 10.8. The maximum atomic E-state index is 10.7. The Hall–Kier alpha value is -0.360. The Morgan fingerprint density at radius 3 is 2.67 bits per heavy atom. The van der Waals surface area contributed by atoms with Crippen LogP contribution in [0.15, 0.2) is 0 Å². The Balaban J connectivity index is 0.00000196. The first-order valence-corrected chi connectivity index (χ1v) is 5.01. The third-order valence-electron chi connectivity index (χ3n) is 2.88. The van der Waals surface area contributed by atoms with Crippen molar-refractivity contribution in [2.45, 2.75) is 37.3 Å². The third-order valence-corrected chi connectivity index (χ3v) is 2.88. The molecule has 0 aromatic carbocycles. The van der Waals surface area contributed by atoms with Crippen molar-refractivity contribution in [1.82, 2.24) is 5.32 Å². The Kier molecular flexibility index (Phi) is 6.12. The minimum atomic E-state index is -0.805. The van der Waals surface area contributed by atoms with Crippen molar-refractivity contribution in [2.24, 2.45) is 11.5 Å². The number of nitrogens with two attached hydrogens (primary N) is 2. The molecule has 1 aliphatic heterocycles. The first kappa shape index (κ1) is 14.6. The molecular weight excluding hydrogens is 218 g/mol. The number of rotatable bonds is 4. The summed E-state index contributed by atoms with van der Waals surface area (Å²) in [5, 5.41) is 12.1. The van der Waals surface area contributed by atoms with Gasteiger partial charge in [0, 0.05) is 24.7 Å². The van der Waals surface area contributed by atoms with Crippen molar-refractivity contribution in [1.29, 1.82) is 0 Å². The average molecular weight is 238 g/mol. The van der Waals surface area contributed by atoms with E-state index in [1.54, 1.807) is 0 Å². The van der Waals surface area contributed by atoms with Crippen LogP contribution in [0.2, 0.25) is 0 Å². The lowest BCUT2D eigenvalue weighted by Gasteiger charge is -2.40.